The van der Waals surface area contributed by atoms with Crippen LogP contribution in [0.25, 0.3) is 0 Å². The fraction of sp³-hybridized carbons (Fsp3) is 0.889. The zero-order valence-electron chi connectivity index (χ0n) is 7.08. The van der Waals surface area contributed by atoms with E-state index < -0.39 is 6.16 Å². The molecular formula is C9H14O3. The molecule has 0 saturated heterocycles. The van der Waals surface area contributed by atoms with E-state index >= 15 is 0 Å². The molecule has 0 aromatic heterocycles. The summed E-state index contributed by atoms with van der Waals surface area (Å²) in [5, 5.41) is 8.38. The summed E-state index contributed by atoms with van der Waals surface area (Å²) in [6.07, 6.45) is 4.97. The molecule has 0 aromatic carbocycles. The van der Waals surface area contributed by atoms with Crippen LogP contribution in [-0.2, 0) is 4.74 Å². The van der Waals surface area contributed by atoms with E-state index in [1.165, 1.54) is 32.1 Å². The van der Waals surface area contributed by atoms with Crippen molar-refractivity contribution in [3.63, 3.8) is 0 Å². The van der Waals surface area contributed by atoms with E-state index in [2.05, 4.69) is 4.74 Å². The monoisotopic (exact) mass is 170 g/mol. The van der Waals surface area contributed by atoms with E-state index in [4.69, 9.17) is 5.11 Å². The van der Waals surface area contributed by atoms with Crippen LogP contribution in [0.5, 0.6) is 0 Å². The van der Waals surface area contributed by atoms with E-state index in [1.807, 2.05) is 0 Å². The maximum Gasteiger partial charge on any atom is 0.505 e. The van der Waals surface area contributed by atoms with Crippen molar-refractivity contribution in [2.24, 2.45) is 11.3 Å². The Kier molecular flexibility index (Phi) is 1.74. The quantitative estimate of drug-likeness (QED) is 0.646. The molecule has 0 aromatic rings. The number of ether oxygens (including phenoxy) is 1. The van der Waals surface area contributed by atoms with Gasteiger partial charge in [-0.2, -0.15) is 0 Å². The van der Waals surface area contributed by atoms with Crippen molar-refractivity contribution in [1.29, 1.82) is 0 Å². The van der Waals surface area contributed by atoms with E-state index in [0.29, 0.717) is 6.61 Å². The van der Waals surface area contributed by atoms with Crippen LogP contribution in [0.4, 0.5) is 4.79 Å². The van der Waals surface area contributed by atoms with Gasteiger partial charge in [0.15, 0.2) is 0 Å². The topological polar surface area (TPSA) is 46.5 Å². The molecule has 2 fully saturated rings. The highest BCUT2D eigenvalue weighted by Crippen LogP contribution is 2.54. The van der Waals surface area contributed by atoms with Crippen LogP contribution in [0.1, 0.15) is 32.1 Å². The minimum atomic E-state index is -1.13. The molecule has 2 bridgehead atoms. The van der Waals surface area contributed by atoms with Gasteiger partial charge in [-0.3, -0.25) is 0 Å². The lowest BCUT2D eigenvalue weighted by Gasteiger charge is -2.24. The highest BCUT2D eigenvalue weighted by atomic mass is 16.7. The third kappa shape index (κ3) is 1.28. The normalized spacial score (nSPS) is 38.5. The van der Waals surface area contributed by atoms with Gasteiger partial charge in [0.2, 0.25) is 0 Å². The zero-order valence-corrected chi connectivity index (χ0v) is 7.08. The van der Waals surface area contributed by atoms with Gasteiger partial charge in [0.05, 0.1) is 0 Å². The lowest BCUT2D eigenvalue weighted by Crippen LogP contribution is -2.23. The summed E-state index contributed by atoms with van der Waals surface area (Å²) in [7, 11) is 0. The zero-order chi connectivity index (χ0) is 8.60. The number of rotatable bonds is 2. The largest absolute Gasteiger partial charge is 0.505 e. The van der Waals surface area contributed by atoms with E-state index in [9.17, 15) is 4.79 Å². The van der Waals surface area contributed by atoms with Crippen molar-refractivity contribution < 1.29 is 14.6 Å². The molecule has 2 aliphatic rings. The number of carbonyl (C=O) groups is 1. The Morgan fingerprint density at radius 3 is 2.58 bits per heavy atom. The average molecular weight is 170 g/mol. The molecule has 1 N–H and O–H groups in total. The van der Waals surface area contributed by atoms with Gasteiger partial charge < -0.3 is 9.84 Å². The summed E-state index contributed by atoms with van der Waals surface area (Å²) < 4.78 is 4.66. The first-order chi connectivity index (χ1) is 5.70. The van der Waals surface area contributed by atoms with Crippen molar-refractivity contribution >= 4 is 6.16 Å². The second-order valence-electron chi connectivity index (χ2n) is 4.20. The number of carboxylic acid groups (broad SMARTS) is 1. The molecule has 2 rings (SSSR count). The summed E-state index contributed by atoms with van der Waals surface area (Å²) in [5.41, 5.74) is 0.239. The van der Waals surface area contributed by atoms with Crippen molar-refractivity contribution in [3.05, 3.63) is 0 Å². The molecule has 2 saturated carbocycles. The predicted octanol–water partition coefficient (Wildman–Crippen LogP) is 2.26. The third-order valence-corrected chi connectivity index (χ3v) is 3.39. The van der Waals surface area contributed by atoms with E-state index in [1.54, 1.807) is 0 Å². The SMILES string of the molecule is O=C(O)OCC12CCC(CC1)C2. The first-order valence-corrected chi connectivity index (χ1v) is 4.56. The Morgan fingerprint density at radius 1 is 1.50 bits per heavy atom. The summed E-state index contributed by atoms with van der Waals surface area (Å²) >= 11 is 0. The molecule has 2 aliphatic carbocycles. The maximum absolute atomic E-state index is 10.2. The second-order valence-corrected chi connectivity index (χ2v) is 4.20. The summed E-state index contributed by atoms with van der Waals surface area (Å²) in [6, 6.07) is 0. The summed E-state index contributed by atoms with van der Waals surface area (Å²) in [5.74, 6) is 0.863. The predicted molar refractivity (Wildman–Crippen MR) is 43.0 cm³/mol. The van der Waals surface area contributed by atoms with Crippen molar-refractivity contribution in [1.82, 2.24) is 0 Å². The van der Waals surface area contributed by atoms with Crippen LogP contribution in [0.2, 0.25) is 0 Å². The van der Waals surface area contributed by atoms with Crippen LogP contribution in [-0.4, -0.2) is 17.9 Å². The second kappa shape index (κ2) is 2.64. The first-order valence-electron chi connectivity index (χ1n) is 4.56. The lowest BCUT2D eigenvalue weighted by atomic mass is 9.85. The number of hydrogen-bond donors (Lipinski definition) is 1. The van der Waals surface area contributed by atoms with Crippen molar-refractivity contribution in [2.75, 3.05) is 6.61 Å². The Hall–Kier alpha value is -0.730. The molecule has 0 spiro atoms. The Labute approximate surface area is 71.7 Å². The first kappa shape index (κ1) is 7.90. The molecular weight excluding hydrogens is 156 g/mol. The fourth-order valence-electron chi connectivity index (χ4n) is 2.73. The maximum atomic E-state index is 10.2. The van der Waals surface area contributed by atoms with Crippen LogP contribution >= 0.6 is 0 Å². The summed E-state index contributed by atoms with van der Waals surface area (Å²) in [6.45, 7) is 0.429. The van der Waals surface area contributed by atoms with Crippen LogP contribution in [0.3, 0.4) is 0 Å². The molecule has 0 aliphatic heterocycles. The summed E-state index contributed by atoms with van der Waals surface area (Å²) in [4.78, 5) is 10.2. The Balaban J connectivity index is 1.90. The highest BCUT2D eigenvalue weighted by Gasteiger charge is 2.45. The van der Waals surface area contributed by atoms with Crippen molar-refractivity contribution in [3.8, 4) is 0 Å². The Morgan fingerprint density at radius 2 is 2.17 bits per heavy atom. The van der Waals surface area contributed by atoms with Gasteiger partial charge in [-0.05, 0) is 38.0 Å². The van der Waals surface area contributed by atoms with Crippen LogP contribution in [0, 0.1) is 11.3 Å². The van der Waals surface area contributed by atoms with Gasteiger partial charge in [0.25, 0.3) is 0 Å². The standard InChI is InChI=1S/C9H14O3/c10-8(11)12-6-9-3-1-7(5-9)2-4-9/h7H,1-6H2,(H,10,11). The molecule has 0 atom stereocenters. The van der Waals surface area contributed by atoms with Crippen LogP contribution < -0.4 is 0 Å². The van der Waals surface area contributed by atoms with Gasteiger partial charge in [-0.25, -0.2) is 4.79 Å². The molecule has 0 heterocycles. The van der Waals surface area contributed by atoms with Crippen LogP contribution in [0.15, 0.2) is 0 Å². The Bertz CT molecular complexity index is 192. The molecule has 68 valence electrons. The molecule has 0 amide bonds. The van der Waals surface area contributed by atoms with Gasteiger partial charge in [0, 0.05) is 5.41 Å². The third-order valence-electron chi connectivity index (χ3n) is 3.39. The van der Waals surface area contributed by atoms with Gasteiger partial charge in [-0.1, -0.05) is 0 Å². The minimum absolute atomic E-state index is 0.239. The molecule has 0 unspecified atom stereocenters. The van der Waals surface area contributed by atoms with Gasteiger partial charge >= 0.3 is 6.16 Å². The highest BCUT2D eigenvalue weighted by molar-refractivity contribution is 5.56. The molecule has 3 nitrogen and oxygen atoms in total. The van der Waals surface area contributed by atoms with Crippen molar-refractivity contribution in [2.45, 2.75) is 32.1 Å². The average Bonchev–Trinajstić information content (AvgIpc) is 2.60. The van der Waals surface area contributed by atoms with E-state index in [-0.39, 0.29) is 5.41 Å². The number of fused-ring (bicyclic) bond motifs is 2. The number of hydrogen-bond acceptors (Lipinski definition) is 2. The smallest absolute Gasteiger partial charge is 0.450 e. The molecule has 3 heteroatoms. The van der Waals surface area contributed by atoms with E-state index in [0.717, 1.165) is 5.92 Å². The van der Waals surface area contributed by atoms with Gasteiger partial charge in [0.1, 0.15) is 6.61 Å². The molecule has 0 radical (unpaired) electrons. The fourth-order valence-corrected chi connectivity index (χ4v) is 2.73. The minimum Gasteiger partial charge on any atom is -0.450 e. The lowest BCUT2D eigenvalue weighted by molar-refractivity contribution is 0.0483. The molecule has 12 heavy (non-hydrogen) atoms. The van der Waals surface area contributed by atoms with Gasteiger partial charge in [-0.15, -0.1) is 0 Å².